The van der Waals surface area contributed by atoms with Gasteiger partial charge in [0.1, 0.15) is 5.75 Å². The van der Waals surface area contributed by atoms with Crippen LogP contribution in [0.3, 0.4) is 0 Å². The average Bonchev–Trinajstić information content (AvgIpc) is 2.82. The van der Waals surface area contributed by atoms with E-state index in [4.69, 9.17) is 16.3 Å². The summed E-state index contributed by atoms with van der Waals surface area (Å²) >= 11 is 6.34. The molecule has 3 rings (SSSR count). The molecule has 22 heavy (non-hydrogen) atoms. The second-order valence-electron chi connectivity index (χ2n) is 6.41. The van der Waals surface area contributed by atoms with Crippen molar-refractivity contribution in [2.24, 2.45) is 0 Å². The predicted octanol–water partition coefficient (Wildman–Crippen LogP) is 5.06. The first-order valence-electron chi connectivity index (χ1n) is 7.83. The minimum atomic E-state index is 0. The van der Waals surface area contributed by atoms with Gasteiger partial charge in [0.05, 0.1) is 12.1 Å². The normalized spacial score (nSPS) is 22.1. The third kappa shape index (κ3) is 3.18. The second-order valence-corrected chi connectivity index (χ2v) is 6.82. The first-order valence-corrected chi connectivity index (χ1v) is 8.21. The molecular weight excluding hydrogens is 294 g/mol. The van der Waals surface area contributed by atoms with E-state index >= 15 is 0 Å². The van der Waals surface area contributed by atoms with E-state index in [2.05, 4.69) is 31.0 Å². The van der Waals surface area contributed by atoms with Gasteiger partial charge in [0.25, 0.3) is 0 Å². The van der Waals surface area contributed by atoms with Crippen molar-refractivity contribution in [3.63, 3.8) is 0 Å². The molecule has 0 radical (unpaired) electrons. The summed E-state index contributed by atoms with van der Waals surface area (Å²) in [7, 11) is 3.92. The van der Waals surface area contributed by atoms with Crippen molar-refractivity contribution in [2.45, 2.75) is 46.0 Å². The molecule has 1 aromatic carbocycles. The topological polar surface area (TPSA) is 12.5 Å². The van der Waals surface area contributed by atoms with Crippen LogP contribution in [0.1, 0.15) is 50.7 Å². The molecule has 0 fully saturated rings. The molecule has 1 aliphatic carbocycles. The van der Waals surface area contributed by atoms with Gasteiger partial charge in [-0.2, -0.15) is 0 Å². The Morgan fingerprint density at radius 1 is 1.23 bits per heavy atom. The highest BCUT2D eigenvalue weighted by molar-refractivity contribution is 6.32. The first kappa shape index (κ1) is 17.4. The monoisotopic (exact) mass is 321 g/mol. The molecule has 122 valence electrons. The van der Waals surface area contributed by atoms with Crippen molar-refractivity contribution in [3.05, 3.63) is 39.4 Å². The molecule has 0 N–H and O–H groups in total. The van der Waals surface area contributed by atoms with Gasteiger partial charge in [0.15, 0.2) is 0 Å². The zero-order valence-corrected chi connectivity index (χ0v) is 14.0. The Hall–Kier alpha value is -0.990. The highest BCUT2D eigenvalue weighted by Gasteiger charge is 2.28. The van der Waals surface area contributed by atoms with Gasteiger partial charge in [-0.15, -0.1) is 0 Å². The van der Waals surface area contributed by atoms with Crippen LogP contribution in [0.4, 0.5) is 0 Å². The van der Waals surface area contributed by atoms with Crippen LogP contribution in [0.2, 0.25) is 5.02 Å². The summed E-state index contributed by atoms with van der Waals surface area (Å²) < 4.78 is 5.45. The average molecular weight is 322 g/mol. The molecule has 0 amide bonds. The molecule has 2 aliphatic rings. The molecule has 1 aliphatic heterocycles. The molecule has 1 aromatic rings. The van der Waals surface area contributed by atoms with Crippen molar-refractivity contribution in [2.75, 3.05) is 27.2 Å². The number of halogens is 1. The number of allylic oxidation sites excluding steroid dienone is 1. The van der Waals surface area contributed by atoms with Crippen LogP contribution in [0.5, 0.6) is 5.75 Å². The fraction of sp³-hybridized carbons (Fsp3) is 0.579. The summed E-state index contributed by atoms with van der Waals surface area (Å²) in [5.41, 5.74) is 6.06. The summed E-state index contributed by atoms with van der Waals surface area (Å²) in [6.07, 6.45) is 4.88. The Labute approximate surface area is 140 Å². The lowest BCUT2D eigenvalue weighted by molar-refractivity contribution is 0.335. The van der Waals surface area contributed by atoms with Gasteiger partial charge in [-0.25, -0.2) is 0 Å². The molecule has 0 saturated carbocycles. The molecule has 1 unspecified atom stereocenters. The SMILES string of the molecule is C.COc1cc2c(cc1Cl)CCN(C)CC2C1=C(C)CCC1. The van der Waals surface area contributed by atoms with Crippen molar-refractivity contribution < 1.29 is 4.74 Å². The molecule has 0 aromatic heterocycles. The van der Waals surface area contributed by atoms with Gasteiger partial charge < -0.3 is 9.64 Å². The molecule has 2 nitrogen and oxygen atoms in total. The van der Waals surface area contributed by atoms with E-state index in [0.717, 1.165) is 30.3 Å². The third-order valence-corrected chi connectivity index (χ3v) is 5.31. The van der Waals surface area contributed by atoms with Crippen LogP contribution in [-0.4, -0.2) is 32.1 Å². The summed E-state index contributed by atoms with van der Waals surface area (Å²) in [4.78, 5) is 2.45. The van der Waals surface area contributed by atoms with Crippen LogP contribution < -0.4 is 4.74 Å². The minimum absolute atomic E-state index is 0. The second kappa shape index (κ2) is 7.06. The van der Waals surface area contributed by atoms with Crippen LogP contribution in [-0.2, 0) is 6.42 Å². The molecule has 0 spiro atoms. The first-order chi connectivity index (χ1) is 10.1. The summed E-state index contributed by atoms with van der Waals surface area (Å²) in [6, 6.07) is 4.30. The van der Waals surface area contributed by atoms with Crippen molar-refractivity contribution in [1.29, 1.82) is 0 Å². The standard InChI is InChI=1S/C18H24ClNO.CH4/c1-12-5-4-6-14(12)16-11-20(2)8-7-13-9-17(19)18(21-3)10-15(13)16;/h9-10,16H,4-8,11H2,1-3H3;1H4. The Balaban J connectivity index is 0.00000176. The fourth-order valence-corrected chi connectivity index (χ4v) is 4.07. The Kier molecular flexibility index (Phi) is 5.57. The number of hydrogen-bond acceptors (Lipinski definition) is 2. The summed E-state index contributed by atoms with van der Waals surface area (Å²) in [6.45, 7) is 4.50. The zero-order valence-electron chi connectivity index (χ0n) is 13.2. The van der Waals surface area contributed by atoms with Gasteiger partial charge in [-0.3, -0.25) is 0 Å². The van der Waals surface area contributed by atoms with E-state index in [1.54, 1.807) is 18.3 Å². The largest absolute Gasteiger partial charge is 0.495 e. The van der Waals surface area contributed by atoms with E-state index in [1.807, 2.05) is 0 Å². The number of benzene rings is 1. The molecule has 0 bridgehead atoms. The summed E-state index contributed by atoms with van der Waals surface area (Å²) in [5.74, 6) is 1.31. The molecule has 1 heterocycles. The van der Waals surface area contributed by atoms with Gasteiger partial charge in [-0.1, -0.05) is 30.2 Å². The Bertz CT molecular complexity index is 579. The van der Waals surface area contributed by atoms with Crippen molar-refractivity contribution in [1.82, 2.24) is 4.90 Å². The molecule has 3 heteroatoms. The van der Waals surface area contributed by atoms with E-state index in [-0.39, 0.29) is 7.43 Å². The van der Waals surface area contributed by atoms with Crippen LogP contribution >= 0.6 is 11.6 Å². The smallest absolute Gasteiger partial charge is 0.137 e. The number of likely N-dealkylation sites (N-methyl/N-ethyl adjacent to an activating group) is 1. The van der Waals surface area contributed by atoms with Gasteiger partial charge >= 0.3 is 0 Å². The molecule has 1 atom stereocenters. The van der Waals surface area contributed by atoms with Crippen LogP contribution in [0, 0.1) is 0 Å². The maximum absolute atomic E-state index is 6.34. The zero-order chi connectivity index (χ0) is 15.0. The number of fused-ring (bicyclic) bond motifs is 1. The van der Waals surface area contributed by atoms with Gasteiger partial charge in [0.2, 0.25) is 0 Å². The molecular formula is C19H28ClNO. The molecule has 0 saturated heterocycles. The van der Waals surface area contributed by atoms with E-state index in [1.165, 1.54) is 30.4 Å². The van der Waals surface area contributed by atoms with Crippen molar-refractivity contribution in [3.8, 4) is 5.75 Å². The van der Waals surface area contributed by atoms with E-state index in [9.17, 15) is 0 Å². The van der Waals surface area contributed by atoms with Crippen molar-refractivity contribution >= 4 is 11.6 Å². The van der Waals surface area contributed by atoms with E-state index < -0.39 is 0 Å². The van der Waals surface area contributed by atoms with Gasteiger partial charge in [0, 0.05) is 19.0 Å². The maximum atomic E-state index is 6.34. The van der Waals surface area contributed by atoms with Crippen LogP contribution in [0.15, 0.2) is 23.3 Å². The number of rotatable bonds is 2. The maximum Gasteiger partial charge on any atom is 0.137 e. The predicted molar refractivity (Wildman–Crippen MR) is 95.2 cm³/mol. The highest BCUT2D eigenvalue weighted by Crippen LogP contribution is 2.42. The number of ether oxygens (including phenoxy) is 1. The third-order valence-electron chi connectivity index (χ3n) is 5.01. The Morgan fingerprint density at radius 3 is 2.64 bits per heavy atom. The fourth-order valence-electron chi connectivity index (χ4n) is 3.81. The lowest BCUT2D eigenvalue weighted by Gasteiger charge is -2.24. The Morgan fingerprint density at radius 2 is 2.00 bits per heavy atom. The quantitative estimate of drug-likeness (QED) is 0.706. The summed E-state index contributed by atoms with van der Waals surface area (Å²) in [5, 5.41) is 0.733. The number of methoxy groups -OCH3 is 1. The lowest BCUT2D eigenvalue weighted by Crippen LogP contribution is -2.24. The number of hydrogen-bond donors (Lipinski definition) is 0. The highest BCUT2D eigenvalue weighted by atomic mass is 35.5. The van der Waals surface area contributed by atoms with E-state index in [0.29, 0.717) is 5.92 Å². The van der Waals surface area contributed by atoms with Gasteiger partial charge in [-0.05, 0) is 62.9 Å². The minimum Gasteiger partial charge on any atom is -0.495 e. The van der Waals surface area contributed by atoms with Crippen LogP contribution in [0.25, 0.3) is 0 Å². The number of nitrogens with zero attached hydrogens (tertiary/aromatic N) is 1. The lowest BCUT2D eigenvalue weighted by atomic mass is 9.86.